The Morgan fingerprint density at radius 1 is 1.04 bits per heavy atom. The summed E-state index contributed by atoms with van der Waals surface area (Å²) in [5.74, 6) is -0.116. The molecule has 0 fully saturated rings. The topological polar surface area (TPSA) is 71.2 Å². The minimum atomic E-state index is -0.354. The fourth-order valence-electron chi connectivity index (χ4n) is 2.48. The number of rotatable bonds is 4. The maximum absolute atomic E-state index is 11.6. The lowest BCUT2D eigenvalue weighted by Gasteiger charge is -2.05. The zero-order valence-electron chi connectivity index (χ0n) is 13.8. The van der Waals surface area contributed by atoms with Gasteiger partial charge in [0.05, 0.1) is 23.6 Å². The number of fused-ring (bicyclic) bond motifs is 2. The molecular weight excluding hydrogens is 316 g/mol. The molecule has 5 heteroatoms. The van der Waals surface area contributed by atoms with E-state index in [-0.39, 0.29) is 11.7 Å². The number of esters is 1. The van der Waals surface area contributed by atoms with Crippen molar-refractivity contribution in [3.8, 4) is 0 Å². The number of aliphatic hydroxyl groups is 1. The zero-order valence-corrected chi connectivity index (χ0v) is 13.8. The monoisotopic (exact) mass is 334 g/mol. The predicted octanol–water partition coefficient (Wildman–Crippen LogP) is 5.10. The second-order valence-electron chi connectivity index (χ2n) is 5.52. The molecule has 1 aromatic carbocycles. The molecule has 0 radical (unpaired) electrons. The van der Waals surface area contributed by atoms with Gasteiger partial charge >= 0.3 is 5.97 Å². The summed E-state index contributed by atoms with van der Waals surface area (Å²) < 4.78 is 4.95. The summed E-state index contributed by atoms with van der Waals surface area (Å²) >= 11 is 0. The number of allylic oxidation sites excluding steroid dienone is 8. The SMILES string of the molecule is CCOC(=O)c1ccc(N=NC2=CC=C(O)C3=CC=CC=C2C3)cc1. The van der Waals surface area contributed by atoms with Crippen LogP contribution in [-0.2, 0) is 4.74 Å². The molecule has 0 amide bonds. The molecule has 2 aliphatic rings. The average Bonchev–Trinajstić information content (AvgIpc) is 2.96. The molecule has 5 nitrogen and oxygen atoms in total. The Morgan fingerprint density at radius 3 is 2.48 bits per heavy atom. The van der Waals surface area contributed by atoms with Crippen LogP contribution in [0.5, 0.6) is 0 Å². The second-order valence-corrected chi connectivity index (χ2v) is 5.52. The van der Waals surface area contributed by atoms with Gasteiger partial charge in [-0.05, 0) is 54.5 Å². The average molecular weight is 334 g/mol. The highest BCUT2D eigenvalue weighted by atomic mass is 16.5. The Balaban J connectivity index is 1.79. The van der Waals surface area contributed by atoms with Gasteiger partial charge in [0, 0.05) is 6.42 Å². The molecule has 2 aliphatic carbocycles. The van der Waals surface area contributed by atoms with Gasteiger partial charge in [-0.1, -0.05) is 24.3 Å². The first kappa shape index (κ1) is 16.6. The molecule has 3 rings (SSSR count). The molecule has 1 N–H and O–H groups in total. The van der Waals surface area contributed by atoms with Crippen LogP contribution in [-0.4, -0.2) is 17.7 Å². The van der Waals surface area contributed by atoms with Crippen molar-refractivity contribution >= 4 is 11.7 Å². The Bertz CT molecular complexity index is 853. The van der Waals surface area contributed by atoms with E-state index in [1.54, 1.807) is 43.3 Å². The Hall–Kier alpha value is -3.21. The predicted molar refractivity (Wildman–Crippen MR) is 95.6 cm³/mol. The van der Waals surface area contributed by atoms with Crippen LogP contribution in [0.15, 0.2) is 93.6 Å². The van der Waals surface area contributed by atoms with E-state index < -0.39 is 0 Å². The lowest BCUT2D eigenvalue weighted by atomic mass is 10.0. The van der Waals surface area contributed by atoms with E-state index in [0.717, 1.165) is 11.1 Å². The van der Waals surface area contributed by atoms with Crippen molar-refractivity contribution in [2.45, 2.75) is 13.3 Å². The van der Waals surface area contributed by atoms with E-state index in [2.05, 4.69) is 10.2 Å². The molecule has 0 aromatic heterocycles. The van der Waals surface area contributed by atoms with Gasteiger partial charge in [0.2, 0.25) is 0 Å². The number of azo groups is 1. The smallest absolute Gasteiger partial charge is 0.338 e. The highest BCUT2D eigenvalue weighted by molar-refractivity contribution is 5.89. The first-order valence-corrected chi connectivity index (χ1v) is 8.04. The number of carbonyl (C=O) groups excluding carboxylic acids is 1. The van der Waals surface area contributed by atoms with E-state index in [0.29, 0.717) is 30.0 Å². The van der Waals surface area contributed by atoms with E-state index in [1.807, 2.05) is 24.3 Å². The van der Waals surface area contributed by atoms with E-state index in [4.69, 9.17) is 4.74 Å². The summed E-state index contributed by atoms with van der Waals surface area (Å²) in [7, 11) is 0. The minimum absolute atomic E-state index is 0.237. The summed E-state index contributed by atoms with van der Waals surface area (Å²) in [5.41, 5.74) is 3.63. The zero-order chi connectivity index (χ0) is 17.6. The standard InChI is InChI=1S/C20H18N2O3/c1-2-25-20(24)14-7-9-17(10-8-14)21-22-18-11-12-19(23)16-6-4-3-5-15(18)13-16/h3-12,23H,2,13H2,1H3. The molecule has 0 spiro atoms. The molecule has 0 aliphatic heterocycles. The Kier molecular flexibility index (Phi) is 5.04. The van der Waals surface area contributed by atoms with Crippen molar-refractivity contribution < 1.29 is 14.6 Å². The number of ether oxygens (including phenoxy) is 1. The first-order valence-electron chi connectivity index (χ1n) is 8.04. The van der Waals surface area contributed by atoms with Gasteiger partial charge in [0.1, 0.15) is 5.76 Å². The number of benzene rings is 1. The molecule has 0 heterocycles. The fourth-order valence-corrected chi connectivity index (χ4v) is 2.48. The molecule has 126 valence electrons. The summed E-state index contributed by atoms with van der Waals surface area (Å²) in [4.78, 5) is 11.6. The third-order valence-corrected chi connectivity index (χ3v) is 3.80. The maximum Gasteiger partial charge on any atom is 0.338 e. The van der Waals surface area contributed by atoms with Crippen molar-refractivity contribution in [1.82, 2.24) is 0 Å². The molecular formula is C20H18N2O3. The number of aliphatic hydroxyl groups excluding tert-OH is 1. The molecule has 0 saturated heterocycles. The molecule has 0 unspecified atom stereocenters. The molecule has 0 saturated carbocycles. The van der Waals surface area contributed by atoms with Gasteiger partial charge in [-0.25, -0.2) is 4.79 Å². The largest absolute Gasteiger partial charge is 0.508 e. The summed E-state index contributed by atoms with van der Waals surface area (Å²) in [5, 5.41) is 18.6. The third-order valence-electron chi connectivity index (χ3n) is 3.80. The van der Waals surface area contributed by atoms with E-state index in [9.17, 15) is 9.90 Å². The van der Waals surface area contributed by atoms with E-state index >= 15 is 0 Å². The first-order chi connectivity index (χ1) is 12.2. The summed E-state index contributed by atoms with van der Waals surface area (Å²) in [6, 6.07) is 6.75. The van der Waals surface area contributed by atoms with Crippen LogP contribution in [0.2, 0.25) is 0 Å². The van der Waals surface area contributed by atoms with Crippen molar-refractivity contribution in [2.24, 2.45) is 10.2 Å². The molecule has 25 heavy (non-hydrogen) atoms. The lowest BCUT2D eigenvalue weighted by molar-refractivity contribution is 0.0526. The Morgan fingerprint density at radius 2 is 1.76 bits per heavy atom. The van der Waals surface area contributed by atoms with Crippen molar-refractivity contribution in [1.29, 1.82) is 0 Å². The third kappa shape index (κ3) is 4.01. The van der Waals surface area contributed by atoms with E-state index in [1.165, 1.54) is 0 Å². The number of carbonyl (C=O) groups is 1. The quantitative estimate of drug-likeness (QED) is 0.615. The van der Waals surface area contributed by atoms with Crippen molar-refractivity contribution in [3.63, 3.8) is 0 Å². The highest BCUT2D eigenvalue weighted by Gasteiger charge is 2.14. The highest BCUT2D eigenvalue weighted by Crippen LogP contribution is 2.30. The molecule has 1 aromatic rings. The van der Waals surface area contributed by atoms with Gasteiger partial charge in [-0.3, -0.25) is 0 Å². The van der Waals surface area contributed by atoms with Crippen LogP contribution in [0.25, 0.3) is 0 Å². The minimum Gasteiger partial charge on any atom is -0.508 e. The van der Waals surface area contributed by atoms with Crippen LogP contribution in [0.4, 0.5) is 5.69 Å². The fraction of sp³-hybridized carbons (Fsp3) is 0.150. The summed E-state index contributed by atoms with van der Waals surface area (Å²) in [6.07, 6.45) is 11.6. The lowest BCUT2D eigenvalue weighted by Crippen LogP contribution is -2.03. The summed E-state index contributed by atoms with van der Waals surface area (Å²) in [6.45, 7) is 2.11. The number of nitrogens with zero attached hydrogens (tertiary/aromatic N) is 2. The number of hydrogen-bond acceptors (Lipinski definition) is 5. The van der Waals surface area contributed by atoms with Gasteiger partial charge in [0.15, 0.2) is 0 Å². The van der Waals surface area contributed by atoms with Gasteiger partial charge < -0.3 is 9.84 Å². The van der Waals surface area contributed by atoms with Crippen LogP contribution in [0.3, 0.4) is 0 Å². The molecule has 0 atom stereocenters. The van der Waals surface area contributed by atoms with Crippen LogP contribution in [0, 0.1) is 0 Å². The maximum atomic E-state index is 11.6. The van der Waals surface area contributed by atoms with Crippen molar-refractivity contribution in [3.05, 3.63) is 88.9 Å². The van der Waals surface area contributed by atoms with Crippen LogP contribution in [0.1, 0.15) is 23.7 Å². The number of hydrogen-bond donors (Lipinski definition) is 1. The second kappa shape index (κ2) is 7.57. The Labute approximate surface area is 146 Å². The van der Waals surface area contributed by atoms with Gasteiger partial charge in [0.25, 0.3) is 0 Å². The van der Waals surface area contributed by atoms with Crippen LogP contribution < -0.4 is 0 Å². The normalized spacial score (nSPS) is 16.4. The van der Waals surface area contributed by atoms with Gasteiger partial charge in [-0.15, -0.1) is 0 Å². The van der Waals surface area contributed by atoms with Gasteiger partial charge in [-0.2, -0.15) is 10.2 Å². The molecule has 2 bridgehead atoms. The van der Waals surface area contributed by atoms with Crippen molar-refractivity contribution in [2.75, 3.05) is 6.61 Å². The van der Waals surface area contributed by atoms with Crippen LogP contribution >= 0.6 is 0 Å².